The fraction of sp³-hybridized carbons (Fsp3) is 0.118. The monoisotopic (exact) mass is 327 g/mol. The summed E-state index contributed by atoms with van der Waals surface area (Å²) in [5.41, 5.74) is 1.35. The number of hydrazone groups is 1. The first-order chi connectivity index (χ1) is 11.1. The minimum absolute atomic E-state index is 0.0407. The lowest BCUT2D eigenvalue weighted by Gasteiger charge is -2.11. The highest BCUT2D eigenvalue weighted by atomic mass is 35.5. The number of para-hydroxylation sites is 1. The molecule has 5 nitrogen and oxygen atoms in total. The Morgan fingerprint density at radius 3 is 2.35 bits per heavy atom. The van der Waals surface area contributed by atoms with E-state index in [1.807, 2.05) is 36.4 Å². The van der Waals surface area contributed by atoms with Crippen molar-refractivity contribution >= 4 is 34.9 Å². The number of alkyl halides is 1. The number of amides is 2. The first kappa shape index (κ1) is 15.2. The van der Waals surface area contributed by atoms with Gasteiger partial charge in [-0.1, -0.05) is 48.5 Å². The van der Waals surface area contributed by atoms with Crippen LogP contribution in [0.5, 0.6) is 0 Å². The highest BCUT2D eigenvalue weighted by molar-refractivity contribution is 6.32. The van der Waals surface area contributed by atoms with Crippen LogP contribution >= 0.6 is 11.6 Å². The van der Waals surface area contributed by atoms with Gasteiger partial charge in [0.15, 0.2) is 0 Å². The largest absolute Gasteiger partial charge is 0.311 e. The van der Waals surface area contributed by atoms with Gasteiger partial charge in [-0.05, 0) is 17.7 Å². The number of rotatable bonds is 3. The van der Waals surface area contributed by atoms with E-state index >= 15 is 0 Å². The number of nitrogens with zero attached hydrogens (tertiary/aromatic N) is 2. The molecule has 23 heavy (non-hydrogen) atoms. The lowest BCUT2D eigenvalue weighted by atomic mass is 10.1. The summed E-state index contributed by atoms with van der Waals surface area (Å²) in [6.07, 6.45) is 0.0407. The predicted molar refractivity (Wildman–Crippen MR) is 89.2 cm³/mol. The average Bonchev–Trinajstić information content (AvgIpc) is 2.96. The minimum Gasteiger partial charge on any atom is -0.311 e. The molecule has 3 rings (SSSR count). The summed E-state index contributed by atoms with van der Waals surface area (Å²) in [6.45, 7) is 0. The van der Waals surface area contributed by atoms with Gasteiger partial charge in [0.05, 0.1) is 12.1 Å². The Bertz CT molecular complexity index is 747. The third kappa shape index (κ3) is 3.40. The Morgan fingerprint density at radius 2 is 1.70 bits per heavy atom. The predicted octanol–water partition coefficient (Wildman–Crippen LogP) is 2.83. The Morgan fingerprint density at radius 1 is 1.09 bits per heavy atom. The summed E-state index contributed by atoms with van der Waals surface area (Å²) in [5.74, 6) is -0.304. The van der Waals surface area contributed by atoms with Crippen LogP contribution < -0.4 is 10.3 Å². The third-order valence-electron chi connectivity index (χ3n) is 3.37. The van der Waals surface area contributed by atoms with Crippen LogP contribution in [0.1, 0.15) is 17.4 Å². The van der Waals surface area contributed by atoms with Crippen LogP contribution in [0.2, 0.25) is 0 Å². The van der Waals surface area contributed by atoms with Crippen molar-refractivity contribution < 1.29 is 9.59 Å². The van der Waals surface area contributed by atoms with Crippen LogP contribution in [0.4, 0.5) is 5.69 Å². The van der Waals surface area contributed by atoms with Gasteiger partial charge in [-0.15, -0.1) is 11.6 Å². The highest BCUT2D eigenvalue weighted by Crippen LogP contribution is 2.22. The standard InChI is InChI=1S/C17H14ClN3O2/c18-16(12-7-3-1-4-8-12)17(23)19-14-11-15(22)21(20-14)13-9-5-2-6-10-13/h1-10,16H,11H2,(H,19,20,23)/t16-/m1/s1. The number of benzene rings is 2. The summed E-state index contributed by atoms with van der Waals surface area (Å²) in [6, 6.07) is 18.1. The number of hydrogen-bond donors (Lipinski definition) is 1. The second-order valence-corrected chi connectivity index (χ2v) is 5.46. The van der Waals surface area contributed by atoms with Crippen LogP contribution in [-0.4, -0.2) is 17.6 Å². The summed E-state index contributed by atoms with van der Waals surface area (Å²) in [7, 11) is 0. The molecule has 6 heteroatoms. The smallest absolute Gasteiger partial charge is 0.255 e. The lowest BCUT2D eigenvalue weighted by Crippen LogP contribution is -2.32. The van der Waals surface area contributed by atoms with Crippen LogP contribution in [0.25, 0.3) is 0 Å². The van der Waals surface area contributed by atoms with Gasteiger partial charge >= 0.3 is 0 Å². The molecule has 2 amide bonds. The molecular weight excluding hydrogens is 314 g/mol. The van der Waals surface area contributed by atoms with Crippen molar-refractivity contribution in [2.45, 2.75) is 11.8 Å². The molecule has 1 aliphatic heterocycles. The van der Waals surface area contributed by atoms with Gasteiger partial charge < -0.3 is 5.32 Å². The Kier molecular flexibility index (Phi) is 4.39. The SMILES string of the molecule is O=C(NC1=NN(c2ccccc2)C(=O)C1)[C@H](Cl)c1ccccc1. The van der Waals surface area contributed by atoms with Crippen molar-refractivity contribution in [2.24, 2.45) is 5.10 Å². The molecule has 2 aromatic carbocycles. The zero-order valence-electron chi connectivity index (χ0n) is 12.1. The van der Waals surface area contributed by atoms with Crippen molar-refractivity contribution in [1.82, 2.24) is 5.32 Å². The van der Waals surface area contributed by atoms with E-state index in [1.165, 1.54) is 5.01 Å². The maximum Gasteiger partial charge on any atom is 0.255 e. The van der Waals surface area contributed by atoms with E-state index in [9.17, 15) is 9.59 Å². The second kappa shape index (κ2) is 6.62. The van der Waals surface area contributed by atoms with Crippen LogP contribution in [0.15, 0.2) is 65.8 Å². The summed E-state index contributed by atoms with van der Waals surface area (Å²) in [5, 5.41) is 7.23. The number of nitrogens with one attached hydrogen (secondary N) is 1. The van der Waals surface area contributed by atoms with Crippen molar-refractivity contribution in [2.75, 3.05) is 5.01 Å². The van der Waals surface area contributed by atoms with E-state index in [2.05, 4.69) is 10.4 Å². The number of carbonyl (C=O) groups excluding carboxylic acids is 2. The molecule has 0 fully saturated rings. The van der Waals surface area contributed by atoms with Crippen LogP contribution in [0, 0.1) is 0 Å². The zero-order chi connectivity index (χ0) is 16.2. The summed E-state index contributed by atoms with van der Waals surface area (Å²) >= 11 is 6.16. The number of amidine groups is 1. The molecule has 1 aliphatic rings. The van der Waals surface area contributed by atoms with E-state index in [0.29, 0.717) is 17.1 Å². The number of halogens is 1. The molecule has 1 heterocycles. The van der Waals surface area contributed by atoms with E-state index < -0.39 is 11.3 Å². The van der Waals surface area contributed by atoms with E-state index in [-0.39, 0.29) is 12.3 Å². The Balaban J connectivity index is 1.71. The first-order valence-electron chi connectivity index (χ1n) is 7.10. The number of anilines is 1. The second-order valence-electron chi connectivity index (χ2n) is 5.03. The molecule has 0 unspecified atom stereocenters. The van der Waals surface area contributed by atoms with Crippen molar-refractivity contribution in [3.63, 3.8) is 0 Å². The summed E-state index contributed by atoms with van der Waals surface area (Å²) < 4.78 is 0. The van der Waals surface area contributed by atoms with E-state index in [1.54, 1.807) is 24.3 Å². The molecule has 0 radical (unpaired) electrons. The van der Waals surface area contributed by atoms with E-state index in [4.69, 9.17) is 11.6 Å². The van der Waals surface area contributed by atoms with Crippen molar-refractivity contribution in [3.8, 4) is 0 Å². The number of carbonyl (C=O) groups is 2. The number of hydrogen-bond acceptors (Lipinski definition) is 3. The quantitative estimate of drug-likeness (QED) is 0.881. The molecule has 0 bridgehead atoms. The maximum absolute atomic E-state index is 12.2. The molecular formula is C17H14ClN3O2. The molecule has 0 saturated carbocycles. The molecule has 2 aromatic rings. The molecule has 0 spiro atoms. The minimum atomic E-state index is -0.834. The fourth-order valence-electron chi connectivity index (χ4n) is 2.25. The first-order valence-corrected chi connectivity index (χ1v) is 7.54. The van der Waals surface area contributed by atoms with Crippen LogP contribution in [0.3, 0.4) is 0 Å². The molecule has 1 N–H and O–H groups in total. The summed E-state index contributed by atoms with van der Waals surface area (Å²) in [4.78, 5) is 24.2. The van der Waals surface area contributed by atoms with Gasteiger partial charge in [0.2, 0.25) is 5.91 Å². The van der Waals surface area contributed by atoms with Crippen molar-refractivity contribution in [1.29, 1.82) is 0 Å². The van der Waals surface area contributed by atoms with Crippen LogP contribution in [-0.2, 0) is 9.59 Å². The molecule has 0 aromatic heterocycles. The van der Waals surface area contributed by atoms with Gasteiger partial charge in [0.1, 0.15) is 11.2 Å². The topological polar surface area (TPSA) is 61.8 Å². The molecule has 1 atom stereocenters. The molecule has 0 aliphatic carbocycles. The van der Waals surface area contributed by atoms with Gasteiger partial charge in [-0.3, -0.25) is 9.59 Å². The Hall–Kier alpha value is -2.66. The van der Waals surface area contributed by atoms with E-state index in [0.717, 1.165) is 0 Å². The third-order valence-corrected chi connectivity index (χ3v) is 3.82. The average molecular weight is 328 g/mol. The molecule has 116 valence electrons. The normalized spacial score (nSPS) is 15.3. The zero-order valence-corrected chi connectivity index (χ0v) is 12.9. The van der Waals surface area contributed by atoms with Crippen molar-refractivity contribution in [3.05, 3.63) is 66.2 Å². The van der Waals surface area contributed by atoms with Gasteiger partial charge in [0.25, 0.3) is 5.91 Å². The van der Waals surface area contributed by atoms with Gasteiger partial charge in [-0.25, -0.2) is 0 Å². The molecule has 0 saturated heterocycles. The highest BCUT2D eigenvalue weighted by Gasteiger charge is 2.28. The lowest BCUT2D eigenvalue weighted by molar-refractivity contribution is -0.119. The van der Waals surface area contributed by atoms with Gasteiger partial charge in [-0.2, -0.15) is 10.1 Å². The van der Waals surface area contributed by atoms with Gasteiger partial charge in [0, 0.05) is 0 Å². The Labute approximate surface area is 138 Å². The maximum atomic E-state index is 12.2. The fourth-order valence-corrected chi connectivity index (χ4v) is 2.45.